The van der Waals surface area contributed by atoms with E-state index in [4.69, 9.17) is 4.12 Å². The van der Waals surface area contributed by atoms with Crippen molar-refractivity contribution in [2.24, 2.45) is 0 Å². The third kappa shape index (κ3) is 5.77. The van der Waals surface area contributed by atoms with Crippen LogP contribution in [-0.2, 0) is 4.12 Å². The average molecular weight is 463 g/mol. The summed E-state index contributed by atoms with van der Waals surface area (Å²) in [4.78, 5) is 22.4. The Balaban J connectivity index is 0.00000171. The maximum absolute atomic E-state index is 11.2. The Bertz CT molecular complexity index is 955. The topological polar surface area (TPSA) is 49.7 Å². The van der Waals surface area contributed by atoms with Crippen molar-refractivity contribution < 1.29 is 13.7 Å². The second kappa shape index (κ2) is 11.9. The minimum atomic E-state index is -4.20. The molecule has 4 aromatic rings. The number of hydrogen-bond donors (Lipinski definition) is 2. The Hall–Kier alpha value is -0.806. The summed E-state index contributed by atoms with van der Waals surface area (Å²) in [5.41, 5.74) is 0. The van der Waals surface area contributed by atoms with Crippen LogP contribution in [0.4, 0.5) is 0 Å². The molecular formula is C24H24Na2O3Si2. The first-order valence-corrected chi connectivity index (χ1v) is 13.2. The molecule has 0 amide bonds. The fourth-order valence-electron chi connectivity index (χ4n) is 3.62. The van der Waals surface area contributed by atoms with Gasteiger partial charge in [0.2, 0.25) is 0 Å². The van der Waals surface area contributed by atoms with E-state index < -0.39 is 17.1 Å². The summed E-state index contributed by atoms with van der Waals surface area (Å²) in [6, 6.07) is 38.6. The van der Waals surface area contributed by atoms with Crippen LogP contribution < -0.4 is 20.7 Å². The first kappa shape index (κ1) is 26.4. The zero-order valence-corrected chi connectivity index (χ0v) is 17.8. The fraction of sp³-hybridized carbons (Fsp3) is 0. The van der Waals surface area contributed by atoms with Crippen LogP contribution in [0.2, 0.25) is 0 Å². The molecule has 0 radical (unpaired) electrons. The standard InChI is InChI=1S/C24H22O3Si2.2Na.2H/c25-29(26,24-19-11-4-12-20-24)27-28(21-13-5-1-6-14-21,22-15-7-2-8-16-22)23-17-9-3-10-18-23;;;;/h1-20,25-26H;;;;. The summed E-state index contributed by atoms with van der Waals surface area (Å²) in [5, 5.41) is 3.33. The molecule has 0 aliphatic rings. The monoisotopic (exact) mass is 462 g/mol. The Labute approximate surface area is 229 Å². The van der Waals surface area contributed by atoms with E-state index in [1.807, 2.05) is 97.1 Å². The van der Waals surface area contributed by atoms with Crippen LogP contribution in [-0.4, -0.2) is 85.8 Å². The van der Waals surface area contributed by atoms with Crippen molar-refractivity contribution in [2.75, 3.05) is 0 Å². The molecule has 0 heterocycles. The minimum absolute atomic E-state index is 0. The zero-order chi connectivity index (χ0) is 20.2. The molecule has 3 nitrogen and oxygen atoms in total. The molecule has 0 saturated carbocycles. The van der Waals surface area contributed by atoms with E-state index >= 15 is 0 Å². The van der Waals surface area contributed by atoms with Crippen LogP contribution in [0.1, 0.15) is 0 Å². The number of benzene rings is 4. The normalized spacial score (nSPS) is 11.2. The van der Waals surface area contributed by atoms with Crippen molar-refractivity contribution in [3.63, 3.8) is 0 Å². The van der Waals surface area contributed by atoms with E-state index in [0.717, 1.165) is 15.6 Å². The molecule has 7 heteroatoms. The van der Waals surface area contributed by atoms with Crippen LogP contribution in [0.3, 0.4) is 0 Å². The van der Waals surface area contributed by atoms with Gasteiger partial charge in [0.25, 0.3) is 8.32 Å². The van der Waals surface area contributed by atoms with Gasteiger partial charge in [0.1, 0.15) is 0 Å². The molecule has 0 saturated heterocycles. The second-order valence-corrected chi connectivity index (χ2v) is 12.6. The van der Waals surface area contributed by atoms with Gasteiger partial charge in [0.15, 0.2) is 0 Å². The Morgan fingerprint density at radius 1 is 0.419 bits per heavy atom. The zero-order valence-electron chi connectivity index (χ0n) is 15.8. The molecule has 0 unspecified atom stereocenters. The maximum atomic E-state index is 11.2. The summed E-state index contributed by atoms with van der Waals surface area (Å²) in [5.74, 6) is 0. The van der Waals surface area contributed by atoms with E-state index in [0.29, 0.717) is 5.19 Å². The van der Waals surface area contributed by atoms with Crippen LogP contribution in [0.15, 0.2) is 121 Å². The van der Waals surface area contributed by atoms with Gasteiger partial charge in [-0.05, 0) is 15.6 Å². The molecule has 0 aromatic heterocycles. The molecular weight excluding hydrogens is 438 g/mol. The molecule has 0 bridgehead atoms. The summed E-state index contributed by atoms with van der Waals surface area (Å²) in [6.07, 6.45) is 0. The molecule has 0 atom stereocenters. The number of rotatable bonds is 6. The van der Waals surface area contributed by atoms with Gasteiger partial charge in [-0.15, -0.1) is 0 Å². The van der Waals surface area contributed by atoms with Gasteiger partial charge in [0.05, 0.1) is 0 Å². The summed E-state index contributed by atoms with van der Waals surface area (Å²) >= 11 is 0. The van der Waals surface area contributed by atoms with Crippen LogP contribution in [0.25, 0.3) is 0 Å². The average Bonchev–Trinajstić information content (AvgIpc) is 2.80. The van der Waals surface area contributed by atoms with E-state index in [1.165, 1.54) is 0 Å². The summed E-state index contributed by atoms with van der Waals surface area (Å²) in [6.45, 7) is 0. The number of hydrogen-bond acceptors (Lipinski definition) is 3. The van der Waals surface area contributed by atoms with Gasteiger partial charge >= 0.3 is 67.9 Å². The molecule has 4 rings (SSSR count). The Kier molecular flexibility index (Phi) is 10.1. The molecule has 2 N–H and O–H groups in total. The van der Waals surface area contributed by atoms with Gasteiger partial charge in [-0.25, -0.2) is 0 Å². The summed E-state index contributed by atoms with van der Waals surface area (Å²) < 4.78 is 6.56. The van der Waals surface area contributed by atoms with E-state index in [1.54, 1.807) is 24.3 Å². The Morgan fingerprint density at radius 3 is 0.968 bits per heavy atom. The predicted molar refractivity (Wildman–Crippen MR) is 136 cm³/mol. The van der Waals surface area contributed by atoms with Gasteiger partial charge < -0.3 is 13.7 Å². The van der Waals surface area contributed by atoms with Gasteiger partial charge in [-0.3, -0.25) is 0 Å². The third-order valence-electron chi connectivity index (χ3n) is 4.99. The van der Waals surface area contributed by atoms with E-state index in [2.05, 4.69) is 0 Å². The van der Waals surface area contributed by atoms with E-state index in [-0.39, 0.29) is 59.1 Å². The molecule has 0 fully saturated rings. The molecule has 0 aliphatic heterocycles. The van der Waals surface area contributed by atoms with Crippen LogP contribution in [0, 0.1) is 0 Å². The van der Waals surface area contributed by atoms with Crippen molar-refractivity contribution in [3.05, 3.63) is 121 Å². The van der Waals surface area contributed by atoms with Crippen molar-refractivity contribution in [1.82, 2.24) is 0 Å². The summed E-state index contributed by atoms with van der Waals surface area (Å²) in [7, 11) is -7.38. The first-order chi connectivity index (χ1) is 14.1. The van der Waals surface area contributed by atoms with Gasteiger partial charge in [-0.1, -0.05) is 121 Å². The molecule has 0 aliphatic carbocycles. The van der Waals surface area contributed by atoms with Crippen molar-refractivity contribution in [1.29, 1.82) is 0 Å². The van der Waals surface area contributed by atoms with Crippen molar-refractivity contribution in [2.45, 2.75) is 0 Å². The molecule has 148 valence electrons. The third-order valence-corrected chi connectivity index (χ3v) is 11.9. The van der Waals surface area contributed by atoms with Crippen LogP contribution in [0.5, 0.6) is 0 Å². The quantitative estimate of drug-likeness (QED) is 0.318. The fourth-order valence-corrected chi connectivity index (χ4v) is 10.8. The predicted octanol–water partition coefficient (Wildman–Crippen LogP) is 0.204. The SMILES string of the molecule is O[Si](O)(O[Si](c1ccccc1)(c1ccccc1)c1ccccc1)c1ccccc1.[NaH].[NaH]. The first-order valence-electron chi connectivity index (χ1n) is 9.50. The second-order valence-electron chi connectivity index (χ2n) is 6.86. The van der Waals surface area contributed by atoms with Gasteiger partial charge in [-0.2, -0.15) is 0 Å². The van der Waals surface area contributed by atoms with E-state index in [9.17, 15) is 9.59 Å². The molecule has 0 spiro atoms. The molecule has 31 heavy (non-hydrogen) atoms. The molecule has 4 aromatic carbocycles. The van der Waals surface area contributed by atoms with Crippen molar-refractivity contribution in [3.8, 4) is 0 Å². The van der Waals surface area contributed by atoms with Crippen molar-refractivity contribution >= 4 is 97.0 Å². The Morgan fingerprint density at radius 2 is 0.677 bits per heavy atom. The van der Waals surface area contributed by atoms with Gasteiger partial charge in [0, 0.05) is 5.19 Å². The van der Waals surface area contributed by atoms with Crippen LogP contribution >= 0.6 is 0 Å².